The van der Waals surface area contributed by atoms with Crippen LogP contribution in [0.3, 0.4) is 0 Å². The summed E-state index contributed by atoms with van der Waals surface area (Å²) in [6.07, 6.45) is 11.9. The minimum absolute atomic E-state index is 0.766. The number of anilines is 1. The molecule has 0 saturated heterocycles. The fraction of sp³-hybridized carbons (Fsp3) is 0.0952. The molecular weight excluding hydrogens is 312 g/mol. The third-order valence-electron chi connectivity index (χ3n) is 4.21. The van der Waals surface area contributed by atoms with E-state index in [1.807, 2.05) is 91.1 Å². The second-order valence-corrected chi connectivity index (χ2v) is 5.76. The van der Waals surface area contributed by atoms with Gasteiger partial charge in [0.1, 0.15) is 5.75 Å². The number of hydrogen-bond acceptors (Lipinski definition) is 4. The van der Waals surface area contributed by atoms with Crippen molar-refractivity contribution in [2.45, 2.75) is 5.72 Å². The van der Waals surface area contributed by atoms with Crippen LogP contribution in [0.25, 0.3) is 0 Å². The van der Waals surface area contributed by atoms with Crippen LogP contribution < -0.4 is 9.64 Å². The number of methoxy groups -OCH3 is 1. The van der Waals surface area contributed by atoms with Gasteiger partial charge in [-0.1, -0.05) is 59.8 Å². The summed E-state index contributed by atoms with van der Waals surface area (Å²) < 4.78 is 5.28. The van der Waals surface area contributed by atoms with Crippen LogP contribution in [0.4, 0.5) is 5.69 Å². The summed E-state index contributed by atoms with van der Waals surface area (Å²) >= 11 is 0. The zero-order valence-corrected chi connectivity index (χ0v) is 13.9. The molecule has 0 saturated carbocycles. The Balaban J connectivity index is 1.82. The van der Waals surface area contributed by atoms with Gasteiger partial charge >= 0.3 is 0 Å². The molecule has 4 heteroatoms. The Bertz CT molecular complexity index is 849. The lowest BCUT2D eigenvalue weighted by atomic mass is 10.1. The smallest absolute Gasteiger partial charge is 0.254 e. The number of ether oxygens (including phenoxy) is 1. The molecule has 1 aliphatic carbocycles. The van der Waals surface area contributed by atoms with Gasteiger partial charge < -0.3 is 9.57 Å². The van der Waals surface area contributed by atoms with Gasteiger partial charge in [0.25, 0.3) is 5.72 Å². The molecule has 0 fully saturated rings. The van der Waals surface area contributed by atoms with E-state index in [1.165, 1.54) is 0 Å². The van der Waals surface area contributed by atoms with E-state index in [9.17, 15) is 0 Å². The van der Waals surface area contributed by atoms with Crippen molar-refractivity contribution in [3.8, 4) is 5.75 Å². The molecule has 4 nitrogen and oxygen atoms in total. The second-order valence-electron chi connectivity index (χ2n) is 5.76. The summed E-state index contributed by atoms with van der Waals surface area (Å²) in [7, 11) is 1.66. The highest BCUT2D eigenvalue weighted by atomic mass is 16.7. The predicted molar refractivity (Wildman–Crippen MR) is 99.7 cm³/mol. The van der Waals surface area contributed by atoms with Crippen LogP contribution >= 0.6 is 0 Å². The van der Waals surface area contributed by atoms with Gasteiger partial charge in [0.15, 0.2) is 5.84 Å². The molecule has 0 amide bonds. The lowest BCUT2D eigenvalue weighted by Gasteiger charge is -2.32. The average Bonchev–Trinajstić information content (AvgIpc) is 2.87. The minimum Gasteiger partial charge on any atom is -0.497 e. The summed E-state index contributed by atoms with van der Waals surface area (Å²) in [6, 6.07) is 17.9. The van der Waals surface area contributed by atoms with Crippen molar-refractivity contribution in [2.24, 2.45) is 5.16 Å². The number of nitrogens with zero attached hydrogens (tertiary/aromatic N) is 2. The van der Waals surface area contributed by atoms with Gasteiger partial charge in [-0.15, -0.1) is 0 Å². The highest BCUT2D eigenvalue weighted by molar-refractivity contribution is 6.11. The lowest BCUT2D eigenvalue weighted by Crippen LogP contribution is -2.46. The molecule has 2 aromatic carbocycles. The van der Waals surface area contributed by atoms with Gasteiger partial charge in [0.05, 0.1) is 7.11 Å². The number of amidine groups is 1. The van der Waals surface area contributed by atoms with Crippen molar-refractivity contribution in [3.63, 3.8) is 0 Å². The van der Waals surface area contributed by atoms with E-state index in [-0.39, 0.29) is 0 Å². The maximum Gasteiger partial charge on any atom is 0.254 e. The van der Waals surface area contributed by atoms with Crippen molar-refractivity contribution < 1.29 is 9.57 Å². The average molecular weight is 330 g/mol. The molecule has 0 radical (unpaired) electrons. The number of allylic oxidation sites excluding steroid dienone is 4. The van der Waals surface area contributed by atoms with E-state index in [4.69, 9.17) is 9.57 Å². The van der Waals surface area contributed by atoms with E-state index < -0.39 is 5.72 Å². The molecule has 0 aromatic heterocycles. The maximum atomic E-state index is 5.92. The van der Waals surface area contributed by atoms with Crippen LogP contribution in [0.15, 0.2) is 96.2 Å². The summed E-state index contributed by atoms with van der Waals surface area (Å²) in [5.74, 6) is 1.58. The van der Waals surface area contributed by atoms with Crippen LogP contribution in [-0.2, 0) is 4.84 Å². The van der Waals surface area contributed by atoms with Gasteiger partial charge in [0, 0.05) is 11.3 Å². The fourth-order valence-corrected chi connectivity index (χ4v) is 2.97. The highest BCUT2D eigenvalue weighted by Crippen LogP contribution is 2.36. The molecule has 0 N–H and O–H groups in total. The van der Waals surface area contributed by atoms with Crippen molar-refractivity contribution in [1.29, 1.82) is 0 Å². The highest BCUT2D eigenvalue weighted by Gasteiger charge is 2.43. The van der Waals surface area contributed by atoms with E-state index in [0.717, 1.165) is 22.8 Å². The van der Waals surface area contributed by atoms with Gasteiger partial charge in [-0.25, -0.2) is 0 Å². The molecule has 0 atom stereocenters. The number of benzene rings is 2. The topological polar surface area (TPSA) is 34.1 Å². The zero-order chi connectivity index (χ0) is 17.1. The van der Waals surface area contributed by atoms with Crippen molar-refractivity contribution >= 4 is 11.5 Å². The Hall–Kier alpha value is -3.27. The van der Waals surface area contributed by atoms with Gasteiger partial charge in [-0.3, -0.25) is 4.90 Å². The molecule has 0 bridgehead atoms. The van der Waals surface area contributed by atoms with Gasteiger partial charge in [-0.05, 0) is 36.4 Å². The van der Waals surface area contributed by atoms with E-state index in [2.05, 4.69) is 10.1 Å². The molecule has 1 spiro atoms. The molecule has 1 aliphatic heterocycles. The molecule has 1 heterocycles. The first kappa shape index (κ1) is 15.3. The molecule has 2 aromatic rings. The third kappa shape index (κ3) is 2.72. The number of oxime groups is 1. The Kier molecular flexibility index (Phi) is 3.86. The van der Waals surface area contributed by atoms with E-state index >= 15 is 0 Å². The van der Waals surface area contributed by atoms with Crippen molar-refractivity contribution in [1.82, 2.24) is 0 Å². The fourth-order valence-electron chi connectivity index (χ4n) is 2.97. The number of hydrogen-bond donors (Lipinski definition) is 0. The summed E-state index contributed by atoms with van der Waals surface area (Å²) in [4.78, 5) is 8.01. The monoisotopic (exact) mass is 330 g/mol. The first-order valence-electron chi connectivity index (χ1n) is 8.12. The van der Waals surface area contributed by atoms with Crippen LogP contribution in [0, 0.1) is 0 Å². The lowest BCUT2D eigenvalue weighted by molar-refractivity contribution is 0.0608. The number of rotatable bonds is 3. The largest absolute Gasteiger partial charge is 0.497 e. The van der Waals surface area contributed by atoms with Gasteiger partial charge in [0.2, 0.25) is 0 Å². The van der Waals surface area contributed by atoms with Crippen LogP contribution in [-0.4, -0.2) is 18.7 Å². The summed E-state index contributed by atoms with van der Waals surface area (Å²) in [5, 5.41) is 4.41. The predicted octanol–water partition coefficient (Wildman–Crippen LogP) is 4.27. The van der Waals surface area contributed by atoms with Crippen molar-refractivity contribution in [3.05, 3.63) is 96.6 Å². The normalized spacial score (nSPS) is 17.3. The summed E-state index contributed by atoms with van der Waals surface area (Å²) in [5.41, 5.74) is 1.18. The minimum atomic E-state index is -0.788. The summed E-state index contributed by atoms with van der Waals surface area (Å²) in [6.45, 7) is 0. The molecule has 2 aliphatic rings. The SMILES string of the molecule is COc1ccc(N2C(c3ccccc3)=NOC23C=CC=CC=C3)cc1. The quantitative estimate of drug-likeness (QED) is 0.843. The van der Waals surface area contributed by atoms with Gasteiger partial charge in [-0.2, -0.15) is 0 Å². The van der Waals surface area contributed by atoms with Crippen LogP contribution in [0.2, 0.25) is 0 Å². The Morgan fingerprint density at radius 3 is 2.20 bits per heavy atom. The Morgan fingerprint density at radius 1 is 0.880 bits per heavy atom. The first-order chi connectivity index (χ1) is 12.3. The van der Waals surface area contributed by atoms with Crippen molar-refractivity contribution in [2.75, 3.05) is 12.0 Å². The van der Waals surface area contributed by atoms with Crippen LogP contribution in [0.1, 0.15) is 5.56 Å². The molecule has 0 unspecified atom stereocenters. The van der Waals surface area contributed by atoms with Crippen LogP contribution in [0.5, 0.6) is 5.75 Å². The van der Waals surface area contributed by atoms with E-state index in [0.29, 0.717) is 0 Å². The molecule has 4 rings (SSSR count). The maximum absolute atomic E-state index is 5.92. The standard InChI is InChI=1S/C21H18N2O2/c1-24-19-13-11-18(12-14-19)23-20(17-9-5-4-6-10-17)22-25-21(23)15-7-2-3-8-16-21/h2-16H,1H3. The Labute approximate surface area is 147 Å². The zero-order valence-electron chi connectivity index (χ0n) is 13.9. The second kappa shape index (κ2) is 6.32. The molecule has 124 valence electrons. The first-order valence-corrected chi connectivity index (χ1v) is 8.12. The van der Waals surface area contributed by atoms with E-state index in [1.54, 1.807) is 7.11 Å². The molecule has 25 heavy (non-hydrogen) atoms. The molecular formula is C21H18N2O2. The Morgan fingerprint density at radius 2 is 1.56 bits per heavy atom. The third-order valence-corrected chi connectivity index (χ3v) is 4.21.